The summed E-state index contributed by atoms with van der Waals surface area (Å²) in [6.07, 6.45) is 3.34. The number of carbonyl (C=O) groups is 2. The number of carbonyl (C=O) groups excluding carboxylic acids is 2. The van der Waals surface area contributed by atoms with Crippen LogP contribution in [0.4, 0.5) is 5.69 Å². The van der Waals surface area contributed by atoms with Gasteiger partial charge in [0.25, 0.3) is 0 Å². The van der Waals surface area contributed by atoms with Crippen LogP contribution in [-0.4, -0.2) is 23.5 Å². The average Bonchev–Trinajstić information content (AvgIpc) is 3.01. The van der Waals surface area contributed by atoms with Gasteiger partial charge in [-0.3, -0.25) is 14.5 Å². The summed E-state index contributed by atoms with van der Waals surface area (Å²) in [5.41, 5.74) is 1.67. The fourth-order valence-electron chi connectivity index (χ4n) is 3.66. The Morgan fingerprint density at radius 3 is 2.14 bits per heavy atom. The number of rotatable bonds is 4. The van der Waals surface area contributed by atoms with Crippen molar-refractivity contribution >= 4 is 17.5 Å². The lowest BCUT2D eigenvalue weighted by molar-refractivity contribution is -0.123. The third kappa shape index (κ3) is 2.38. The minimum atomic E-state index is -0.112. The molecule has 2 unspecified atom stereocenters. The Bertz CT molecular complexity index is 528. The first-order valence-electron chi connectivity index (χ1n) is 7.73. The number of aliphatic hydroxyl groups is 1. The van der Waals surface area contributed by atoms with E-state index in [1.165, 1.54) is 4.90 Å². The maximum atomic E-state index is 12.5. The molecule has 2 amide bonds. The zero-order valence-corrected chi connectivity index (χ0v) is 12.3. The van der Waals surface area contributed by atoms with E-state index >= 15 is 0 Å². The molecule has 1 aromatic carbocycles. The lowest BCUT2D eigenvalue weighted by Crippen LogP contribution is -2.32. The van der Waals surface area contributed by atoms with Crippen molar-refractivity contribution < 1.29 is 14.7 Å². The van der Waals surface area contributed by atoms with Crippen molar-refractivity contribution in [1.29, 1.82) is 0 Å². The van der Waals surface area contributed by atoms with Gasteiger partial charge in [-0.2, -0.15) is 0 Å². The largest absolute Gasteiger partial charge is 0.396 e. The maximum absolute atomic E-state index is 12.5. The monoisotopic (exact) mass is 287 g/mol. The van der Waals surface area contributed by atoms with Gasteiger partial charge in [-0.15, -0.1) is 0 Å². The minimum Gasteiger partial charge on any atom is -0.396 e. The summed E-state index contributed by atoms with van der Waals surface area (Å²) in [6, 6.07) is 7.35. The van der Waals surface area contributed by atoms with Gasteiger partial charge in [-0.25, -0.2) is 0 Å². The zero-order chi connectivity index (χ0) is 15.0. The minimum absolute atomic E-state index is 0.0316. The molecule has 0 spiro atoms. The fourth-order valence-corrected chi connectivity index (χ4v) is 3.66. The van der Waals surface area contributed by atoms with Crippen LogP contribution in [0.1, 0.15) is 31.7 Å². The van der Waals surface area contributed by atoms with Crippen molar-refractivity contribution in [3.8, 4) is 0 Å². The molecule has 1 aromatic rings. The molecule has 112 valence electrons. The second-order valence-corrected chi connectivity index (χ2v) is 6.11. The first-order chi connectivity index (χ1) is 10.2. The first kappa shape index (κ1) is 14.3. The Morgan fingerprint density at radius 2 is 1.67 bits per heavy atom. The van der Waals surface area contributed by atoms with Gasteiger partial charge in [0.05, 0.1) is 17.5 Å². The predicted octanol–water partition coefficient (Wildman–Crippen LogP) is 2.15. The number of imide groups is 1. The highest BCUT2D eigenvalue weighted by molar-refractivity contribution is 6.22. The van der Waals surface area contributed by atoms with Crippen LogP contribution in [0, 0.1) is 17.8 Å². The van der Waals surface area contributed by atoms with E-state index in [2.05, 4.69) is 6.92 Å². The summed E-state index contributed by atoms with van der Waals surface area (Å²) in [4.78, 5) is 26.4. The van der Waals surface area contributed by atoms with Crippen LogP contribution in [0.25, 0.3) is 0 Å². The van der Waals surface area contributed by atoms with Gasteiger partial charge in [0.2, 0.25) is 11.8 Å². The molecule has 4 nitrogen and oxygen atoms in total. The SMILES string of the molecule is CCC1CC2C(=O)N(c3ccc(CCO)cc3)C(=O)C2C1. The number of amides is 2. The third-order valence-electron chi connectivity index (χ3n) is 4.91. The molecule has 2 atom stereocenters. The van der Waals surface area contributed by atoms with E-state index in [0.717, 1.165) is 24.8 Å². The standard InChI is InChI=1S/C17H21NO3/c1-2-11-9-14-15(10-11)17(21)18(16(14)20)13-5-3-12(4-6-13)7-8-19/h3-6,11,14-15,19H,2,7-10H2,1H3. The van der Waals surface area contributed by atoms with E-state index in [1.54, 1.807) is 12.1 Å². The van der Waals surface area contributed by atoms with Gasteiger partial charge in [0, 0.05) is 6.61 Å². The molecule has 21 heavy (non-hydrogen) atoms. The van der Waals surface area contributed by atoms with E-state index in [4.69, 9.17) is 5.11 Å². The molecule has 0 bridgehead atoms. The van der Waals surface area contributed by atoms with Crippen molar-refractivity contribution in [3.63, 3.8) is 0 Å². The molecule has 0 radical (unpaired) electrons. The Balaban J connectivity index is 1.81. The lowest BCUT2D eigenvalue weighted by Gasteiger charge is -2.17. The van der Waals surface area contributed by atoms with Gasteiger partial charge < -0.3 is 5.11 Å². The smallest absolute Gasteiger partial charge is 0.237 e. The Morgan fingerprint density at radius 1 is 1.10 bits per heavy atom. The average molecular weight is 287 g/mol. The highest BCUT2D eigenvalue weighted by atomic mass is 16.3. The predicted molar refractivity (Wildman–Crippen MR) is 79.7 cm³/mol. The van der Waals surface area contributed by atoms with Crippen LogP contribution in [0.3, 0.4) is 0 Å². The zero-order valence-electron chi connectivity index (χ0n) is 12.3. The van der Waals surface area contributed by atoms with Crippen molar-refractivity contribution in [2.45, 2.75) is 32.6 Å². The Labute approximate surface area is 124 Å². The van der Waals surface area contributed by atoms with Crippen LogP contribution < -0.4 is 4.90 Å². The van der Waals surface area contributed by atoms with E-state index in [0.29, 0.717) is 18.0 Å². The number of hydrogen-bond donors (Lipinski definition) is 1. The van der Waals surface area contributed by atoms with Crippen LogP contribution in [0.5, 0.6) is 0 Å². The Hall–Kier alpha value is -1.68. The maximum Gasteiger partial charge on any atom is 0.237 e. The summed E-state index contributed by atoms with van der Waals surface area (Å²) in [6.45, 7) is 2.22. The van der Waals surface area contributed by atoms with E-state index in [1.807, 2.05) is 12.1 Å². The molecule has 2 fully saturated rings. The quantitative estimate of drug-likeness (QED) is 0.863. The van der Waals surface area contributed by atoms with Crippen LogP contribution >= 0.6 is 0 Å². The molecule has 0 aromatic heterocycles. The highest BCUT2D eigenvalue weighted by Gasteiger charge is 2.52. The van der Waals surface area contributed by atoms with Crippen LogP contribution in [-0.2, 0) is 16.0 Å². The summed E-state index contributed by atoms with van der Waals surface area (Å²) >= 11 is 0. The number of benzene rings is 1. The van der Waals surface area contributed by atoms with Crippen molar-refractivity contribution in [2.24, 2.45) is 17.8 Å². The van der Waals surface area contributed by atoms with Gasteiger partial charge in [0.1, 0.15) is 0 Å². The van der Waals surface area contributed by atoms with Crippen LogP contribution in [0.15, 0.2) is 24.3 Å². The summed E-state index contributed by atoms with van der Waals surface area (Å²) in [5, 5.41) is 8.92. The molecule has 1 N–H and O–H groups in total. The fraction of sp³-hybridized carbons (Fsp3) is 0.529. The van der Waals surface area contributed by atoms with Crippen molar-refractivity contribution in [2.75, 3.05) is 11.5 Å². The molecular formula is C17H21NO3. The highest BCUT2D eigenvalue weighted by Crippen LogP contribution is 2.45. The van der Waals surface area contributed by atoms with Gasteiger partial charge in [-0.05, 0) is 42.9 Å². The Kier molecular flexibility index (Phi) is 3.81. The second kappa shape index (κ2) is 5.60. The molecule has 1 saturated carbocycles. The molecule has 4 heteroatoms. The number of anilines is 1. The summed E-state index contributed by atoms with van der Waals surface area (Å²) in [7, 11) is 0. The summed E-state index contributed by atoms with van der Waals surface area (Å²) < 4.78 is 0. The molecule has 1 heterocycles. The van der Waals surface area contributed by atoms with E-state index < -0.39 is 0 Å². The van der Waals surface area contributed by atoms with E-state index in [-0.39, 0.29) is 30.3 Å². The number of nitrogens with zero attached hydrogens (tertiary/aromatic N) is 1. The second-order valence-electron chi connectivity index (χ2n) is 6.11. The van der Waals surface area contributed by atoms with Crippen molar-refractivity contribution in [1.82, 2.24) is 0 Å². The molecule has 3 rings (SSSR count). The number of aliphatic hydroxyl groups excluding tert-OH is 1. The first-order valence-corrected chi connectivity index (χ1v) is 7.73. The lowest BCUT2D eigenvalue weighted by atomic mass is 10.00. The topological polar surface area (TPSA) is 57.6 Å². The van der Waals surface area contributed by atoms with Gasteiger partial charge in [0.15, 0.2) is 0 Å². The van der Waals surface area contributed by atoms with Gasteiger partial charge in [-0.1, -0.05) is 25.5 Å². The molecule has 1 aliphatic heterocycles. The normalized spacial score (nSPS) is 28.3. The van der Waals surface area contributed by atoms with E-state index in [9.17, 15) is 9.59 Å². The van der Waals surface area contributed by atoms with Crippen molar-refractivity contribution in [3.05, 3.63) is 29.8 Å². The van der Waals surface area contributed by atoms with Crippen LogP contribution in [0.2, 0.25) is 0 Å². The van der Waals surface area contributed by atoms with Gasteiger partial charge >= 0.3 is 0 Å². The molecular weight excluding hydrogens is 266 g/mol. The molecule has 2 aliphatic rings. The molecule has 1 saturated heterocycles. The number of hydrogen-bond acceptors (Lipinski definition) is 3. The summed E-state index contributed by atoms with van der Waals surface area (Å²) in [5.74, 6) is 0.229. The molecule has 1 aliphatic carbocycles. The number of fused-ring (bicyclic) bond motifs is 1. The third-order valence-corrected chi connectivity index (χ3v) is 4.91.